The molecule has 14 heavy (non-hydrogen) atoms. The van der Waals surface area contributed by atoms with E-state index in [1.54, 1.807) is 6.07 Å². The summed E-state index contributed by atoms with van der Waals surface area (Å²) in [6.07, 6.45) is 0. The van der Waals surface area contributed by atoms with Crippen LogP contribution in [0.15, 0.2) is 17.0 Å². The van der Waals surface area contributed by atoms with Crippen LogP contribution < -0.4 is 5.14 Å². The third-order valence-corrected chi connectivity index (χ3v) is 3.10. The second-order valence-electron chi connectivity index (χ2n) is 2.42. The summed E-state index contributed by atoms with van der Waals surface area (Å²) in [6.45, 7) is 0. The molecule has 0 spiro atoms. The molecule has 2 N–H and O–H groups in total. The molecule has 0 saturated carbocycles. The van der Waals surface area contributed by atoms with Crippen LogP contribution in [0, 0.1) is 11.3 Å². The van der Waals surface area contributed by atoms with E-state index in [4.69, 9.17) is 33.6 Å². The van der Waals surface area contributed by atoms with Gasteiger partial charge in [-0.25, -0.2) is 13.6 Å². The van der Waals surface area contributed by atoms with Crippen LogP contribution in [0.4, 0.5) is 0 Å². The van der Waals surface area contributed by atoms with E-state index in [0.717, 1.165) is 6.07 Å². The number of nitrogens with two attached hydrogens (primary N) is 1. The number of sulfonamides is 1. The lowest BCUT2D eigenvalue weighted by molar-refractivity contribution is 0.598. The van der Waals surface area contributed by atoms with Gasteiger partial charge in [0.05, 0.1) is 10.6 Å². The summed E-state index contributed by atoms with van der Waals surface area (Å²) in [4.78, 5) is -0.344. The Labute approximate surface area is 90.9 Å². The zero-order chi connectivity index (χ0) is 10.9. The molecule has 0 saturated heterocycles. The summed E-state index contributed by atoms with van der Waals surface area (Å²) in [5.74, 6) is 0. The van der Waals surface area contributed by atoms with Crippen LogP contribution in [0.5, 0.6) is 0 Å². The highest BCUT2D eigenvalue weighted by atomic mass is 35.5. The van der Waals surface area contributed by atoms with E-state index < -0.39 is 10.0 Å². The van der Waals surface area contributed by atoms with Gasteiger partial charge in [-0.2, -0.15) is 5.26 Å². The molecule has 74 valence electrons. The zero-order valence-corrected chi connectivity index (χ0v) is 8.99. The number of hydrogen-bond donors (Lipinski definition) is 1. The first-order valence-electron chi connectivity index (χ1n) is 3.28. The Morgan fingerprint density at radius 1 is 1.36 bits per heavy atom. The quantitative estimate of drug-likeness (QED) is 0.820. The van der Waals surface area contributed by atoms with Gasteiger partial charge in [-0.05, 0) is 12.1 Å². The number of benzene rings is 1. The standard InChI is InChI=1S/C7H4Cl2N2O2S/c8-5-1-4(3-10)7(9)6(2-5)14(11,12)13/h1-2H,(H2,11,12,13). The van der Waals surface area contributed by atoms with Crippen molar-refractivity contribution < 1.29 is 8.42 Å². The molecule has 0 atom stereocenters. The average Bonchev–Trinajstić information content (AvgIpc) is 2.06. The molecule has 0 aliphatic heterocycles. The third kappa shape index (κ3) is 2.16. The predicted molar refractivity (Wildman–Crippen MR) is 52.6 cm³/mol. The van der Waals surface area contributed by atoms with Crippen LogP contribution in [0.25, 0.3) is 0 Å². The molecule has 0 aromatic heterocycles. The number of rotatable bonds is 1. The molecule has 0 aliphatic carbocycles. The second kappa shape index (κ2) is 3.75. The molecule has 0 aliphatic rings. The first-order chi connectivity index (χ1) is 6.36. The first kappa shape index (κ1) is 11.3. The molecular weight excluding hydrogens is 247 g/mol. The smallest absolute Gasteiger partial charge is 0.225 e. The van der Waals surface area contributed by atoms with Crippen LogP contribution in [0.3, 0.4) is 0 Å². The molecule has 0 amide bonds. The summed E-state index contributed by atoms with van der Waals surface area (Å²) in [5, 5.41) is 13.4. The minimum absolute atomic E-state index is 0.0248. The number of primary sulfonamides is 1. The highest BCUT2D eigenvalue weighted by Gasteiger charge is 2.17. The summed E-state index contributed by atoms with van der Waals surface area (Å²) in [5.41, 5.74) is -0.0248. The molecule has 0 unspecified atom stereocenters. The lowest BCUT2D eigenvalue weighted by atomic mass is 10.2. The Kier molecular flexibility index (Phi) is 3.02. The summed E-state index contributed by atoms with van der Waals surface area (Å²) < 4.78 is 22.0. The van der Waals surface area contributed by atoms with Gasteiger partial charge >= 0.3 is 0 Å². The minimum atomic E-state index is -3.96. The van der Waals surface area contributed by atoms with E-state index in [2.05, 4.69) is 0 Å². The van der Waals surface area contributed by atoms with Crippen LogP contribution in [-0.4, -0.2) is 8.42 Å². The average molecular weight is 251 g/mol. The first-order valence-corrected chi connectivity index (χ1v) is 5.58. The highest BCUT2D eigenvalue weighted by molar-refractivity contribution is 7.89. The molecule has 7 heteroatoms. The Hall–Kier alpha value is -0.800. The van der Waals surface area contributed by atoms with Crippen molar-refractivity contribution in [3.63, 3.8) is 0 Å². The van der Waals surface area contributed by atoms with E-state index in [9.17, 15) is 8.42 Å². The molecular formula is C7H4Cl2N2O2S. The van der Waals surface area contributed by atoms with Crippen molar-refractivity contribution in [1.29, 1.82) is 5.26 Å². The van der Waals surface area contributed by atoms with Gasteiger partial charge < -0.3 is 0 Å². The molecule has 0 heterocycles. The Morgan fingerprint density at radius 2 is 1.93 bits per heavy atom. The van der Waals surface area contributed by atoms with Gasteiger partial charge in [-0.15, -0.1) is 0 Å². The fraction of sp³-hybridized carbons (Fsp3) is 0. The summed E-state index contributed by atoms with van der Waals surface area (Å²) in [6, 6.07) is 4.07. The molecule has 1 aromatic rings. The Balaban J connectivity index is 3.64. The van der Waals surface area contributed by atoms with Gasteiger partial charge in [0.2, 0.25) is 10.0 Å². The van der Waals surface area contributed by atoms with Crippen molar-refractivity contribution in [2.45, 2.75) is 4.90 Å². The SMILES string of the molecule is N#Cc1cc(Cl)cc(S(N)(=O)=O)c1Cl. The summed E-state index contributed by atoms with van der Waals surface area (Å²) >= 11 is 11.2. The van der Waals surface area contributed by atoms with Crippen molar-refractivity contribution in [3.05, 3.63) is 27.7 Å². The second-order valence-corrected chi connectivity index (χ2v) is 4.77. The number of nitrogens with zero attached hydrogens (tertiary/aromatic N) is 1. The minimum Gasteiger partial charge on any atom is -0.225 e. The Morgan fingerprint density at radius 3 is 2.36 bits per heavy atom. The summed E-state index contributed by atoms with van der Waals surface area (Å²) in [7, 11) is -3.96. The molecule has 0 fully saturated rings. The van der Waals surface area contributed by atoms with Gasteiger partial charge in [0.25, 0.3) is 0 Å². The predicted octanol–water partition coefficient (Wildman–Crippen LogP) is 1.51. The van der Waals surface area contributed by atoms with Crippen LogP contribution in [0.2, 0.25) is 10.0 Å². The van der Waals surface area contributed by atoms with Crippen LogP contribution in [-0.2, 0) is 10.0 Å². The van der Waals surface area contributed by atoms with E-state index in [1.165, 1.54) is 6.07 Å². The molecule has 1 rings (SSSR count). The highest BCUT2D eigenvalue weighted by Crippen LogP contribution is 2.27. The topological polar surface area (TPSA) is 83.9 Å². The maximum absolute atomic E-state index is 11.0. The number of hydrogen-bond acceptors (Lipinski definition) is 3. The lowest BCUT2D eigenvalue weighted by Crippen LogP contribution is -2.13. The van der Waals surface area contributed by atoms with Gasteiger partial charge in [0.15, 0.2) is 0 Å². The van der Waals surface area contributed by atoms with Crippen LogP contribution >= 0.6 is 23.2 Å². The van der Waals surface area contributed by atoms with Crippen molar-refractivity contribution in [2.75, 3.05) is 0 Å². The fourth-order valence-corrected chi connectivity index (χ4v) is 2.26. The maximum Gasteiger partial charge on any atom is 0.239 e. The van der Waals surface area contributed by atoms with Crippen LogP contribution in [0.1, 0.15) is 5.56 Å². The van der Waals surface area contributed by atoms with Gasteiger partial charge in [-0.1, -0.05) is 23.2 Å². The third-order valence-electron chi connectivity index (χ3n) is 1.43. The normalized spacial score (nSPS) is 11.0. The van der Waals surface area contributed by atoms with Crippen molar-refractivity contribution in [3.8, 4) is 6.07 Å². The zero-order valence-electron chi connectivity index (χ0n) is 6.66. The van der Waals surface area contributed by atoms with Gasteiger partial charge in [0, 0.05) is 5.02 Å². The van der Waals surface area contributed by atoms with Gasteiger partial charge in [-0.3, -0.25) is 0 Å². The van der Waals surface area contributed by atoms with Gasteiger partial charge in [0.1, 0.15) is 11.0 Å². The molecule has 1 aromatic carbocycles. The maximum atomic E-state index is 11.0. The number of halogens is 2. The van der Waals surface area contributed by atoms with E-state index >= 15 is 0 Å². The largest absolute Gasteiger partial charge is 0.239 e. The fourth-order valence-electron chi connectivity index (χ4n) is 0.853. The number of nitriles is 1. The molecule has 4 nitrogen and oxygen atoms in total. The molecule has 0 bridgehead atoms. The van der Waals surface area contributed by atoms with Crippen molar-refractivity contribution >= 4 is 33.2 Å². The lowest BCUT2D eigenvalue weighted by Gasteiger charge is -2.03. The van der Waals surface area contributed by atoms with E-state index in [-0.39, 0.29) is 20.5 Å². The van der Waals surface area contributed by atoms with Crippen molar-refractivity contribution in [1.82, 2.24) is 0 Å². The van der Waals surface area contributed by atoms with Crippen molar-refractivity contribution in [2.24, 2.45) is 5.14 Å². The molecule has 0 radical (unpaired) electrons. The Bertz CT molecular complexity index is 519. The van der Waals surface area contributed by atoms with E-state index in [1.807, 2.05) is 0 Å². The monoisotopic (exact) mass is 250 g/mol. The van der Waals surface area contributed by atoms with E-state index in [0.29, 0.717) is 0 Å².